The van der Waals surface area contributed by atoms with Crippen LogP contribution < -0.4 is 10.9 Å². The Labute approximate surface area is 197 Å². The zero-order chi connectivity index (χ0) is 23.5. The third kappa shape index (κ3) is 5.01. The molecule has 0 aliphatic carbocycles. The topological polar surface area (TPSA) is 64.0 Å². The van der Waals surface area contributed by atoms with E-state index in [1.807, 2.05) is 74.5 Å². The van der Waals surface area contributed by atoms with Gasteiger partial charge in [-0.15, -0.1) is 0 Å². The molecule has 1 N–H and O–H groups in total. The highest BCUT2D eigenvalue weighted by Gasteiger charge is 2.16. The van der Waals surface area contributed by atoms with Crippen LogP contribution in [0.4, 0.5) is 5.69 Å². The zero-order valence-electron chi connectivity index (χ0n) is 19.3. The van der Waals surface area contributed by atoms with E-state index in [-0.39, 0.29) is 17.2 Å². The summed E-state index contributed by atoms with van der Waals surface area (Å²) in [5.74, 6) is 0.430. The lowest BCUT2D eigenvalue weighted by Gasteiger charge is -2.15. The first-order valence-corrected chi connectivity index (χ1v) is 11.9. The summed E-state index contributed by atoms with van der Waals surface area (Å²) in [6, 6.07) is 21.1. The van der Waals surface area contributed by atoms with E-state index in [0.717, 1.165) is 22.5 Å². The molecule has 0 radical (unpaired) electrons. The van der Waals surface area contributed by atoms with E-state index in [1.54, 1.807) is 10.6 Å². The van der Waals surface area contributed by atoms with Gasteiger partial charge in [-0.1, -0.05) is 67.6 Å². The van der Waals surface area contributed by atoms with Gasteiger partial charge in [0.2, 0.25) is 5.91 Å². The van der Waals surface area contributed by atoms with E-state index in [0.29, 0.717) is 22.0 Å². The van der Waals surface area contributed by atoms with Crippen LogP contribution in [0.2, 0.25) is 0 Å². The first-order chi connectivity index (χ1) is 15.8. The summed E-state index contributed by atoms with van der Waals surface area (Å²) in [5.41, 5.74) is 5.33. The Balaban J connectivity index is 1.64. The smallest absolute Gasteiger partial charge is 0.266 e. The van der Waals surface area contributed by atoms with Crippen molar-refractivity contribution in [2.24, 2.45) is 0 Å². The van der Waals surface area contributed by atoms with Crippen LogP contribution in [0.25, 0.3) is 16.6 Å². The molecule has 0 unspecified atom stereocenters. The quantitative estimate of drug-likeness (QED) is 0.291. The first-order valence-electron chi connectivity index (χ1n) is 11.0. The van der Waals surface area contributed by atoms with Gasteiger partial charge < -0.3 is 5.32 Å². The third-order valence-electron chi connectivity index (χ3n) is 5.53. The second kappa shape index (κ2) is 9.63. The van der Waals surface area contributed by atoms with E-state index in [2.05, 4.69) is 19.2 Å². The van der Waals surface area contributed by atoms with Gasteiger partial charge in [0.1, 0.15) is 0 Å². The van der Waals surface area contributed by atoms with Crippen LogP contribution in [0.5, 0.6) is 0 Å². The highest BCUT2D eigenvalue weighted by atomic mass is 32.2. The molecule has 1 aromatic heterocycles. The van der Waals surface area contributed by atoms with Gasteiger partial charge in [0.25, 0.3) is 5.56 Å². The van der Waals surface area contributed by atoms with Crippen molar-refractivity contribution in [3.05, 3.63) is 93.8 Å². The molecule has 0 atom stereocenters. The number of aromatic nitrogens is 2. The average molecular weight is 458 g/mol. The molecule has 6 heteroatoms. The number of carbonyl (C=O) groups excluding carboxylic acids is 1. The summed E-state index contributed by atoms with van der Waals surface area (Å²) in [6.45, 7) is 8.27. The molecule has 33 heavy (non-hydrogen) atoms. The Morgan fingerprint density at radius 3 is 2.45 bits per heavy atom. The van der Waals surface area contributed by atoms with Crippen LogP contribution in [-0.2, 0) is 4.79 Å². The first kappa shape index (κ1) is 22.8. The molecule has 0 saturated heterocycles. The zero-order valence-corrected chi connectivity index (χ0v) is 20.1. The van der Waals surface area contributed by atoms with Crippen LogP contribution in [0, 0.1) is 13.8 Å². The number of fused-ring (bicyclic) bond motifs is 1. The van der Waals surface area contributed by atoms with Crippen molar-refractivity contribution < 1.29 is 4.79 Å². The van der Waals surface area contributed by atoms with Crippen LogP contribution in [0.3, 0.4) is 0 Å². The van der Waals surface area contributed by atoms with Gasteiger partial charge in [-0.3, -0.25) is 14.2 Å². The normalized spacial score (nSPS) is 11.2. The number of anilines is 1. The SMILES string of the molecule is Cc1ccc(-n2c(SCC(=O)Nc3ccc(C(C)C)cc3)nc3ccccc3c2=O)c(C)c1. The van der Waals surface area contributed by atoms with Crippen LogP contribution >= 0.6 is 11.8 Å². The van der Waals surface area contributed by atoms with E-state index >= 15 is 0 Å². The third-order valence-corrected chi connectivity index (χ3v) is 6.47. The van der Waals surface area contributed by atoms with Crippen LogP contribution in [0.1, 0.15) is 36.5 Å². The van der Waals surface area contributed by atoms with Crippen molar-refractivity contribution in [2.45, 2.75) is 38.8 Å². The van der Waals surface area contributed by atoms with Gasteiger partial charge in [-0.25, -0.2) is 4.98 Å². The lowest BCUT2D eigenvalue weighted by atomic mass is 10.0. The standard InChI is InChI=1S/C27H27N3O2S/c1-17(2)20-10-12-21(13-11-20)28-25(31)16-33-27-29-23-8-6-5-7-22(23)26(32)30(27)24-14-9-18(3)15-19(24)4/h5-15,17H,16H2,1-4H3,(H,28,31). The number of aryl methyl sites for hydroxylation is 2. The van der Waals surface area contributed by atoms with Crippen molar-refractivity contribution in [1.82, 2.24) is 9.55 Å². The molecule has 0 fully saturated rings. The van der Waals surface area contributed by atoms with Crippen molar-refractivity contribution in [2.75, 3.05) is 11.1 Å². The fourth-order valence-electron chi connectivity index (χ4n) is 3.76. The average Bonchev–Trinajstić information content (AvgIpc) is 2.79. The Bertz CT molecular complexity index is 1370. The number of amides is 1. The minimum absolute atomic E-state index is 0.139. The van der Waals surface area contributed by atoms with Crippen LogP contribution in [0.15, 0.2) is 76.7 Å². The maximum Gasteiger partial charge on any atom is 0.266 e. The Morgan fingerprint density at radius 1 is 1.03 bits per heavy atom. The highest BCUT2D eigenvalue weighted by Crippen LogP contribution is 2.24. The van der Waals surface area contributed by atoms with E-state index < -0.39 is 0 Å². The predicted molar refractivity (Wildman–Crippen MR) is 137 cm³/mol. The van der Waals surface area contributed by atoms with E-state index in [9.17, 15) is 9.59 Å². The molecule has 168 valence electrons. The fraction of sp³-hybridized carbons (Fsp3) is 0.222. The lowest BCUT2D eigenvalue weighted by Crippen LogP contribution is -2.23. The molecule has 4 aromatic rings. The second-order valence-corrected chi connectivity index (χ2v) is 9.40. The molecule has 1 heterocycles. The van der Waals surface area contributed by atoms with Crippen molar-refractivity contribution >= 4 is 34.3 Å². The number of rotatable bonds is 6. The summed E-state index contributed by atoms with van der Waals surface area (Å²) in [5, 5.41) is 3.98. The number of hydrogen-bond acceptors (Lipinski definition) is 4. The molecule has 0 aliphatic heterocycles. The number of benzene rings is 3. The Hall–Kier alpha value is -3.38. The van der Waals surface area contributed by atoms with Crippen molar-refractivity contribution in [1.29, 1.82) is 0 Å². The summed E-state index contributed by atoms with van der Waals surface area (Å²) in [6.07, 6.45) is 0. The Kier molecular flexibility index (Phi) is 6.65. The second-order valence-electron chi connectivity index (χ2n) is 8.46. The van der Waals surface area contributed by atoms with Gasteiger partial charge in [0.05, 0.1) is 22.3 Å². The van der Waals surface area contributed by atoms with Gasteiger partial charge in [0, 0.05) is 5.69 Å². The maximum absolute atomic E-state index is 13.4. The molecule has 0 spiro atoms. The molecule has 0 aliphatic rings. The molecule has 0 saturated carbocycles. The molecule has 0 bridgehead atoms. The van der Waals surface area contributed by atoms with Crippen molar-refractivity contribution in [3.8, 4) is 5.69 Å². The summed E-state index contributed by atoms with van der Waals surface area (Å²) in [4.78, 5) is 30.8. The van der Waals surface area contributed by atoms with Gasteiger partial charge in [-0.05, 0) is 61.2 Å². The molecule has 4 rings (SSSR count). The van der Waals surface area contributed by atoms with Gasteiger partial charge in [-0.2, -0.15) is 0 Å². The molecular weight excluding hydrogens is 430 g/mol. The lowest BCUT2D eigenvalue weighted by molar-refractivity contribution is -0.113. The number of hydrogen-bond donors (Lipinski definition) is 1. The molecule has 1 amide bonds. The molecule has 5 nitrogen and oxygen atoms in total. The van der Waals surface area contributed by atoms with Crippen LogP contribution in [-0.4, -0.2) is 21.2 Å². The predicted octanol–water partition coefficient (Wildman–Crippen LogP) is 5.86. The minimum Gasteiger partial charge on any atom is -0.325 e. The van der Waals surface area contributed by atoms with Crippen molar-refractivity contribution in [3.63, 3.8) is 0 Å². The number of nitrogens with one attached hydrogen (secondary N) is 1. The Morgan fingerprint density at radius 2 is 1.76 bits per heavy atom. The summed E-state index contributed by atoms with van der Waals surface area (Å²) >= 11 is 1.26. The monoisotopic (exact) mass is 457 g/mol. The number of para-hydroxylation sites is 1. The van der Waals surface area contributed by atoms with E-state index in [4.69, 9.17) is 4.98 Å². The maximum atomic E-state index is 13.4. The summed E-state index contributed by atoms with van der Waals surface area (Å²) < 4.78 is 1.62. The minimum atomic E-state index is -0.146. The molecule has 3 aromatic carbocycles. The highest BCUT2D eigenvalue weighted by molar-refractivity contribution is 7.99. The number of nitrogens with zero attached hydrogens (tertiary/aromatic N) is 2. The van der Waals surface area contributed by atoms with E-state index in [1.165, 1.54) is 17.3 Å². The number of carbonyl (C=O) groups is 1. The molecular formula is C27H27N3O2S. The fourth-order valence-corrected chi connectivity index (χ4v) is 4.56. The van der Waals surface area contributed by atoms with Gasteiger partial charge in [0.15, 0.2) is 5.16 Å². The summed E-state index contributed by atoms with van der Waals surface area (Å²) in [7, 11) is 0. The number of thioether (sulfide) groups is 1. The largest absolute Gasteiger partial charge is 0.325 e. The van der Waals surface area contributed by atoms with Gasteiger partial charge >= 0.3 is 0 Å².